The number of aromatic nitrogens is 2. The van der Waals surface area contributed by atoms with Crippen molar-refractivity contribution in [3.63, 3.8) is 0 Å². The van der Waals surface area contributed by atoms with Gasteiger partial charge in [-0.15, -0.1) is 0 Å². The van der Waals surface area contributed by atoms with Crippen LogP contribution in [0.2, 0.25) is 5.02 Å². The first-order valence-electron chi connectivity index (χ1n) is 12.0. The van der Waals surface area contributed by atoms with Crippen LogP contribution >= 0.6 is 11.6 Å². The van der Waals surface area contributed by atoms with Crippen LogP contribution in [0.25, 0.3) is 11.1 Å². The summed E-state index contributed by atoms with van der Waals surface area (Å²) in [5.41, 5.74) is 6.38. The maximum atomic E-state index is 15.0. The number of nitrogens with zero attached hydrogens (tertiary/aromatic N) is 3. The summed E-state index contributed by atoms with van der Waals surface area (Å²) in [5, 5.41) is 0.683. The van der Waals surface area contributed by atoms with Crippen molar-refractivity contribution >= 4 is 17.3 Å². The average Bonchev–Trinajstić information content (AvgIpc) is 2.81. The fourth-order valence-electron chi connectivity index (χ4n) is 4.60. The molecule has 1 aromatic carbocycles. The molecule has 0 unspecified atom stereocenters. The summed E-state index contributed by atoms with van der Waals surface area (Å²) < 4.78 is 20.7. The molecule has 3 aromatic rings. The van der Waals surface area contributed by atoms with Crippen LogP contribution in [-0.2, 0) is 12.8 Å². The van der Waals surface area contributed by atoms with Crippen LogP contribution in [0.15, 0.2) is 42.7 Å². The van der Waals surface area contributed by atoms with Crippen molar-refractivity contribution in [2.24, 2.45) is 5.41 Å². The highest BCUT2D eigenvalue weighted by Gasteiger charge is 2.28. The van der Waals surface area contributed by atoms with Crippen molar-refractivity contribution in [1.82, 2.24) is 9.97 Å². The molecule has 1 saturated heterocycles. The summed E-state index contributed by atoms with van der Waals surface area (Å²) in [6, 6.07) is 9.11. The Hall–Kier alpha value is -2.66. The van der Waals surface area contributed by atoms with Gasteiger partial charge in [0.15, 0.2) is 5.82 Å². The first-order valence-corrected chi connectivity index (χ1v) is 12.4. The number of aryl methyl sites for hydroxylation is 1. The number of ether oxygens (including phenoxy) is 1. The maximum Gasteiger partial charge on any atom is 0.250 e. The van der Waals surface area contributed by atoms with Crippen molar-refractivity contribution in [2.75, 3.05) is 24.6 Å². The van der Waals surface area contributed by atoms with Gasteiger partial charge in [-0.2, -0.15) is 0 Å². The van der Waals surface area contributed by atoms with Crippen molar-refractivity contribution in [2.45, 2.75) is 53.4 Å². The van der Waals surface area contributed by atoms with E-state index >= 15 is 4.39 Å². The van der Waals surface area contributed by atoms with Crippen molar-refractivity contribution in [3.8, 4) is 17.0 Å². The van der Waals surface area contributed by atoms with Crippen molar-refractivity contribution in [3.05, 3.63) is 70.4 Å². The first-order chi connectivity index (χ1) is 16.3. The van der Waals surface area contributed by atoms with E-state index in [4.69, 9.17) is 16.3 Å². The van der Waals surface area contributed by atoms with Crippen LogP contribution < -0.4 is 9.64 Å². The zero-order chi connectivity index (χ0) is 24.3. The quantitative estimate of drug-likeness (QED) is 0.362. The molecule has 2 aromatic heterocycles. The highest BCUT2D eigenvalue weighted by molar-refractivity contribution is 6.31. The Bertz CT molecular complexity index is 1150. The third-order valence-electron chi connectivity index (χ3n) is 6.84. The molecule has 0 amide bonds. The number of anilines is 1. The van der Waals surface area contributed by atoms with Gasteiger partial charge in [-0.3, -0.25) is 4.98 Å². The Morgan fingerprint density at radius 2 is 1.85 bits per heavy atom. The monoisotopic (exact) mass is 481 g/mol. The van der Waals surface area contributed by atoms with E-state index in [1.165, 1.54) is 17.3 Å². The SMILES string of the molecule is CCc1c(C)ncc(-c2cnc(OCCc3ccccc3Cl)c(F)c2)c1N1CCC(C)(C)CC1. The van der Waals surface area contributed by atoms with Crippen LogP contribution in [0.3, 0.4) is 0 Å². The van der Waals surface area contributed by atoms with E-state index in [0.717, 1.165) is 54.7 Å². The molecule has 0 saturated carbocycles. The normalized spacial score (nSPS) is 15.4. The number of pyridine rings is 2. The second kappa shape index (κ2) is 10.3. The van der Waals surface area contributed by atoms with Gasteiger partial charge < -0.3 is 9.64 Å². The minimum atomic E-state index is -0.471. The van der Waals surface area contributed by atoms with Gasteiger partial charge >= 0.3 is 0 Å². The molecule has 180 valence electrons. The Labute approximate surface area is 207 Å². The lowest BCUT2D eigenvalue weighted by Crippen LogP contribution is -2.38. The zero-order valence-corrected chi connectivity index (χ0v) is 21.3. The van der Waals surface area contributed by atoms with E-state index < -0.39 is 5.82 Å². The fourth-order valence-corrected chi connectivity index (χ4v) is 4.83. The molecule has 0 aliphatic carbocycles. The van der Waals surface area contributed by atoms with Gasteiger partial charge in [-0.05, 0) is 54.9 Å². The number of rotatable bonds is 7. The van der Waals surface area contributed by atoms with Gasteiger partial charge in [-0.25, -0.2) is 9.37 Å². The van der Waals surface area contributed by atoms with E-state index in [1.54, 1.807) is 6.20 Å². The number of hydrogen-bond donors (Lipinski definition) is 0. The highest BCUT2D eigenvalue weighted by Crippen LogP contribution is 2.40. The molecule has 1 aliphatic rings. The van der Waals surface area contributed by atoms with Gasteiger partial charge in [0.25, 0.3) is 0 Å². The second-order valence-corrected chi connectivity index (χ2v) is 10.2. The predicted octanol–water partition coefficient (Wildman–Crippen LogP) is 7.05. The number of benzene rings is 1. The summed E-state index contributed by atoms with van der Waals surface area (Å²) in [7, 11) is 0. The lowest BCUT2D eigenvalue weighted by molar-refractivity contribution is 0.279. The summed E-state index contributed by atoms with van der Waals surface area (Å²) in [5.74, 6) is -0.464. The smallest absolute Gasteiger partial charge is 0.250 e. The highest BCUT2D eigenvalue weighted by atomic mass is 35.5. The zero-order valence-electron chi connectivity index (χ0n) is 20.5. The largest absolute Gasteiger partial charge is 0.475 e. The lowest BCUT2D eigenvalue weighted by Gasteiger charge is -2.40. The Balaban J connectivity index is 1.58. The van der Waals surface area contributed by atoms with Gasteiger partial charge in [0, 0.05) is 53.7 Å². The van der Waals surface area contributed by atoms with Crippen LogP contribution in [0.1, 0.15) is 50.4 Å². The molecule has 0 atom stereocenters. The summed E-state index contributed by atoms with van der Waals surface area (Å²) in [6.07, 6.45) is 7.26. The Morgan fingerprint density at radius 3 is 2.53 bits per heavy atom. The molecule has 0 bridgehead atoms. The lowest BCUT2D eigenvalue weighted by atomic mass is 9.82. The van der Waals surface area contributed by atoms with Crippen LogP contribution in [-0.4, -0.2) is 29.7 Å². The van der Waals surface area contributed by atoms with Gasteiger partial charge in [0.2, 0.25) is 5.88 Å². The molecule has 4 nitrogen and oxygen atoms in total. The molecule has 34 heavy (non-hydrogen) atoms. The van der Waals surface area contributed by atoms with E-state index in [-0.39, 0.29) is 5.88 Å². The third-order valence-corrected chi connectivity index (χ3v) is 7.21. The Kier molecular flexibility index (Phi) is 7.42. The van der Waals surface area contributed by atoms with E-state index in [9.17, 15) is 0 Å². The molecule has 4 rings (SSSR count). The molecule has 0 radical (unpaired) electrons. The van der Waals surface area contributed by atoms with Crippen molar-refractivity contribution < 1.29 is 9.13 Å². The topological polar surface area (TPSA) is 38.3 Å². The molecule has 0 spiro atoms. The summed E-state index contributed by atoms with van der Waals surface area (Å²) in [6.45, 7) is 11.1. The Morgan fingerprint density at radius 1 is 1.12 bits per heavy atom. The molecular weight excluding hydrogens is 449 g/mol. The molecule has 1 aliphatic heterocycles. The number of piperidine rings is 1. The standard InChI is InChI=1S/C28H33ClFN3O/c1-5-22-19(2)31-18-23(26(22)33-13-11-28(3,4)12-14-33)21-16-25(30)27(32-17-21)34-15-10-20-8-6-7-9-24(20)29/h6-9,16-18H,5,10-15H2,1-4H3. The summed E-state index contributed by atoms with van der Waals surface area (Å²) in [4.78, 5) is 11.4. The van der Waals surface area contributed by atoms with E-state index in [2.05, 4.69) is 42.6 Å². The van der Waals surface area contributed by atoms with Crippen molar-refractivity contribution in [1.29, 1.82) is 0 Å². The first kappa shape index (κ1) is 24.5. The minimum absolute atomic E-state index is 0.00728. The average molecular weight is 482 g/mol. The van der Waals surface area contributed by atoms with Crippen LogP contribution in [0.4, 0.5) is 10.1 Å². The summed E-state index contributed by atoms with van der Waals surface area (Å²) >= 11 is 6.20. The minimum Gasteiger partial charge on any atom is -0.475 e. The van der Waals surface area contributed by atoms with E-state index in [0.29, 0.717) is 23.5 Å². The number of halogens is 2. The number of hydrogen-bond acceptors (Lipinski definition) is 4. The van der Waals surface area contributed by atoms with E-state index in [1.807, 2.05) is 30.5 Å². The van der Waals surface area contributed by atoms with Gasteiger partial charge in [-0.1, -0.05) is 50.6 Å². The maximum absolute atomic E-state index is 15.0. The van der Waals surface area contributed by atoms with Gasteiger partial charge in [0.1, 0.15) is 0 Å². The molecule has 6 heteroatoms. The third kappa shape index (κ3) is 5.35. The van der Waals surface area contributed by atoms with Crippen LogP contribution in [0.5, 0.6) is 5.88 Å². The van der Waals surface area contributed by atoms with Crippen LogP contribution in [0, 0.1) is 18.2 Å². The van der Waals surface area contributed by atoms with Gasteiger partial charge in [0.05, 0.1) is 12.3 Å². The molecular formula is C28H33ClFN3O. The fraction of sp³-hybridized carbons (Fsp3) is 0.429. The molecule has 1 fully saturated rings. The molecule has 0 N–H and O–H groups in total. The molecule has 3 heterocycles. The second-order valence-electron chi connectivity index (χ2n) is 9.79. The predicted molar refractivity (Wildman–Crippen MR) is 137 cm³/mol.